The van der Waals surface area contributed by atoms with Gasteiger partial charge < -0.3 is 5.32 Å². The molecule has 0 saturated carbocycles. The normalized spacial score (nSPS) is 10.7. The summed E-state index contributed by atoms with van der Waals surface area (Å²) < 4.78 is 15.6. The summed E-state index contributed by atoms with van der Waals surface area (Å²) in [6, 6.07) is 13.1. The Kier molecular flexibility index (Phi) is 4.36. The van der Waals surface area contributed by atoms with E-state index in [9.17, 15) is 9.18 Å². The number of benzene rings is 2. The minimum atomic E-state index is -0.658. The van der Waals surface area contributed by atoms with Crippen LogP contribution < -0.4 is 5.32 Å². The Labute approximate surface area is 143 Å². The maximum Gasteiger partial charge on any atom is 0.258 e. The van der Waals surface area contributed by atoms with Crippen molar-refractivity contribution in [3.05, 3.63) is 76.3 Å². The molecule has 3 aromatic rings. The molecule has 1 aromatic heterocycles. The third-order valence-corrected chi connectivity index (χ3v) is 3.77. The molecule has 1 amide bonds. The van der Waals surface area contributed by atoms with Crippen molar-refractivity contribution in [2.24, 2.45) is 0 Å². The van der Waals surface area contributed by atoms with E-state index in [-0.39, 0.29) is 10.6 Å². The van der Waals surface area contributed by atoms with Crippen LogP contribution in [0.25, 0.3) is 5.69 Å². The molecular weight excluding hydrogens is 329 g/mol. The van der Waals surface area contributed by atoms with Gasteiger partial charge in [-0.25, -0.2) is 9.07 Å². The molecule has 0 radical (unpaired) electrons. The number of aromatic nitrogens is 2. The summed E-state index contributed by atoms with van der Waals surface area (Å²) in [7, 11) is 0. The molecule has 0 spiro atoms. The van der Waals surface area contributed by atoms with Crippen LogP contribution in [0.3, 0.4) is 0 Å². The van der Waals surface area contributed by atoms with Crippen molar-refractivity contribution in [1.82, 2.24) is 9.78 Å². The Morgan fingerprint density at radius 1 is 1.17 bits per heavy atom. The number of anilines is 1. The molecular formula is C18H15ClFN3O. The largest absolute Gasteiger partial charge is 0.322 e. The molecule has 4 nitrogen and oxygen atoms in total. The second-order valence-corrected chi connectivity index (χ2v) is 5.90. The Bertz CT molecular complexity index is 920. The summed E-state index contributed by atoms with van der Waals surface area (Å²) in [6.07, 6.45) is 0. The van der Waals surface area contributed by atoms with Crippen LogP contribution >= 0.6 is 11.6 Å². The molecule has 24 heavy (non-hydrogen) atoms. The topological polar surface area (TPSA) is 46.9 Å². The molecule has 122 valence electrons. The fourth-order valence-electron chi connectivity index (χ4n) is 2.48. The smallest absolute Gasteiger partial charge is 0.258 e. The summed E-state index contributed by atoms with van der Waals surface area (Å²) in [4.78, 5) is 12.2. The van der Waals surface area contributed by atoms with E-state index in [1.807, 2.05) is 26.0 Å². The molecule has 1 heterocycles. The summed E-state index contributed by atoms with van der Waals surface area (Å²) in [6.45, 7) is 3.87. The molecule has 0 fully saturated rings. The molecule has 0 bridgehead atoms. The zero-order valence-electron chi connectivity index (χ0n) is 13.2. The molecule has 6 heteroatoms. The predicted molar refractivity (Wildman–Crippen MR) is 92.4 cm³/mol. The van der Waals surface area contributed by atoms with Crippen LogP contribution in [0.2, 0.25) is 5.02 Å². The molecule has 1 N–H and O–H groups in total. The van der Waals surface area contributed by atoms with Crippen LogP contribution in [0, 0.1) is 19.7 Å². The van der Waals surface area contributed by atoms with Gasteiger partial charge in [-0.05, 0) is 56.3 Å². The number of hydrogen-bond donors (Lipinski definition) is 1. The van der Waals surface area contributed by atoms with E-state index in [1.54, 1.807) is 22.9 Å². The summed E-state index contributed by atoms with van der Waals surface area (Å²) in [5.41, 5.74) is 3.20. The van der Waals surface area contributed by atoms with Gasteiger partial charge in [-0.1, -0.05) is 17.7 Å². The van der Waals surface area contributed by atoms with E-state index in [4.69, 9.17) is 11.6 Å². The zero-order valence-corrected chi connectivity index (χ0v) is 13.9. The van der Waals surface area contributed by atoms with Gasteiger partial charge in [-0.3, -0.25) is 4.79 Å². The molecule has 2 aromatic carbocycles. The number of carbonyl (C=O) groups excluding carboxylic acids is 1. The first-order valence-corrected chi connectivity index (χ1v) is 7.72. The number of rotatable bonds is 3. The minimum Gasteiger partial charge on any atom is -0.322 e. The number of halogens is 2. The van der Waals surface area contributed by atoms with E-state index < -0.39 is 11.7 Å². The molecule has 3 rings (SSSR count). The lowest BCUT2D eigenvalue weighted by molar-refractivity contribution is 0.102. The van der Waals surface area contributed by atoms with Crippen molar-refractivity contribution in [3.63, 3.8) is 0 Å². The lowest BCUT2D eigenvalue weighted by atomic mass is 10.2. The van der Waals surface area contributed by atoms with Gasteiger partial charge in [0.25, 0.3) is 5.91 Å². The number of nitrogens with one attached hydrogen (secondary N) is 1. The van der Waals surface area contributed by atoms with Crippen LogP contribution in [-0.2, 0) is 0 Å². The van der Waals surface area contributed by atoms with Crippen molar-refractivity contribution < 1.29 is 9.18 Å². The van der Waals surface area contributed by atoms with Crippen molar-refractivity contribution in [3.8, 4) is 5.69 Å². The van der Waals surface area contributed by atoms with Gasteiger partial charge in [0.1, 0.15) is 5.82 Å². The number of amides is 1. The summed E-state index contributed by atoms with van der Waals surface area (Å²) >= 11 is 5.71. The number of aryl methyl sites for hydroxylation is 2. The molecule has 0 aliphatic rings. The lowest BCUT2D eigenvalue weighted by Gasteiger charge is -2.09. The predicted octanol–water partition coefficient (Wildman–Crippen LogP) is 4.53. The monoisotopic (exact) mass is 343 g/mol. The molecule has 0 aliphatic carbocycles. The highest BCUT2D eigenvalue weighted by atomic mass is 35.5. The van der Waals surface area contributed by atoms with Crippen molar-refractivity contribution in [2.75, 3.05) is 5.32 Å². The molecule has 0 atom stereocenters. The van der Waals surface area contributed by atoms with Crippen LogP contribution in [0.4, 0.5) is 10.1 Å². The Balaban J connectivity index is 1.87. The fourth-order valence-corrected chi connectivity index (χ4v) is 2.64. The highest BCUT2D eigenvalue weighted by Crippen LogP contribution is 2.19. The maximum atomic E-state index is 13.8. The number of carbonyl (C=O) groups is 1. The SMILES string of the molecule is Cc1cc(C)n(-c2cccc(NC(=O)c3ccc(Cl)cc3F)c2)n1. The molecule has 0 aliphatic heterocycles. The molecule has 0 unspecified atom stereocenters. The highest BCUT2D eigenvalue weighted by Gasteiger charge is 2.13. The zero-order chi connectivity index (χ0) is 17.3. The Hall–Kier alpha value is -2.66. The van der Waals surface area contributed by atoms with Gasteiger partial charge in [-0.2, -0.15) is 5.10 Å². The maximum absolute atomic E-state index is 13.8. The Morgan fingerprint density at radius 2 is 1.96 bits per heavy atom. The van der Waals surface area contributed by atoms with E-state index in [0.29, 0.717) is 5.69 Å². The fraction of sp³-hybridized carbons (Fsp3) is 0.111. The van der Waals surface area contributed by atoms with Gasteiger partial charge in [0.2, 0.25) is 0 Å². The number of hydrogen-bond acceptors (Lipinski definition) is 2. The van der Waals surface area contributed by atoms with Crippen molar-refractivity contribution in [1.29, 1.82) is 0 Å². The van der Waals surface area contributed by atoms with Crippen LogP contribution in [0.1, 0.15) is 21.7 Å². The van der Waals surface area contributed by atoms with Gasteiger partial charge in [0.15, 0.2) is 0 Å². The third kappa shape index (κ3) is 3.31. The minimum absolute atomic E-state index is 0.0593. The third-order valence-electron chi connectivity index (χ3n) is 3.53. The van der Waals surface area contributed by atoms with Crippen molar-refractivity contribution >= 4 is 23.2 Å². The first-order chi connectivity index (χ1) is 11.4. The highest BCUT2D eigenvalue weighted by molar-refractivity contribution is 6.30. The van der Waals surface area contributed by atoms with Gasteiger partial charge in [-0.15, -0.1) is 0 Å². The van der Waals surface area contributed by atoms with Crippen LogP contribution in [0.15, 0.2) is 48.5 Å². The van der Waals surface area contributed by atoms with Gasteiger partial charge in [0, 0.05) is 16.4 Å². The number of nitrogens with zero attached hydrogens (tertiary/aromatic N) is 2. The Morgan fingerprint density at radius 3 is 2.62 bits per heavy atom. The van der Waals surface area contributed by atoms with E-state index >= 15 is 0 Å². The first kappa shape index (κ1) is 16.2. The summed E-state index contributed by atoms with van der Waals surface area (Å²) in [5.74, 6) is -1.19. The standard InChI is InChI=1S/C18H15ClFN3O/c1-11-8-12(2)23(22-11)15-5-3-4-14(10-15)21-18(24)16-7-6-13(19)9-17(16)20/h3-10H,1-2H3,(H,21,24). The van der Waals surface area contributed by atoms with Crippen LogP contribution in [-0.4, -0.2) is 15.7 Å². The quantitative estimate of drug-likeness (QED) is 0.759. The molecule has 0 saturated heterocycles. The average molecular weight is 344 g/mol. The second kappa shape index (κ2) is 6.45. The van der Waals surface area contributed by atoms with Crippen LogP contribution in [0.5, 0.6) is 0 Å². The summed E-state index contributed by atoms with van der Waals surface area (Å²) in [5, 5.41) is 7.35. The average Bonchev–Trinajstić information content (AvgIpc) is 2.86. The van der Waals surface area contributed by atoms with Gasteiger partial charge in [0.05, 0.1) is 16.9 Å². The first-order valence-electron chi connectivity index (χ1n) is 7.34. The van der Waals surface area contributed by atoms with E-state index in [0.717, 1.165) is 23.1 Å². The second-order valence-electron chi connectivity index (χ2n) is 5.47. The lowest BCUT2D eigenvalue weighted by Crippen LogP contribution is -2.14. The van der Waals surface area contributed by atoms with E-state index in [2.05, 4.69) is 10.4 Å². The van der Waals surface area contributed by atoms with E-state index in [1.165, 1.54) is 12.1 Å². The van der Waals surface area contributed by atoms with Crippen molar-refractivity contribution in [2.45, 2.75) is 13.8 Å². The van der Waals surface area contributed by atoms with Gasteiger partial charge >= 0.3 is 0 Å².